The molecule has 0 amide bonds. The van der Waals surface area contributed by atoms with Crippen LogP contribution in [0.3, 0.4) is 0 Å². The van der Waals surface area contributed by atoms with Crippen molar-refractivity contribution >= 4 is 39.3 Å². The highest BCUT2D eigenvalue weighted by molar-refractivity contribution is 9.10. The first-order valence-corrected chi connectivity index (χ1v) is 7.67. The number of rotatable bonds is 3. The Morgan fingerprint density at radius 1 is 1.42 bits per heavy atom. The Morgan fingerprint density at radius 3 is 2.84 bits per heavy atom. The number of hydrogen-bond acceptors (Lipinski definition) is 4. The van der Waals surface area contributed by atoms with E-state index in [2.05, 4.69) is 32.0 Å². The molecule has 0 unspecified atom stereocenters. The maximum absolute atomic E-state index is 9.22. The summed E-state index contributed by atoms with van der Waals surface area (Å²) in [7, 11) is 0. The molecule has 0 atom stereocenters. The van der Waals surface area contributed by atoms with Crippen LogP contribution in [-0.4, -0.2) is 15.7 Å². The number of halogens is 2. The molecule has 6 heteroatoms. The Balaban J connectivity index is 2.63. The van der Waals surface area contributed by atoms with E-state index in [0.29, 0.717) is 16.4 Å². The van der Waals surface area contributed by atoms with Gasteiger partial charge in [0.1, 0.15) is 11.6 Å². The molecule has 0 bridgehead atoms. The highest BCUT2D eigenvalue weighted by atomic mass is 79.9. The lowest BCUT2D eigenvalue weighted by Crippen LogP contribution is -1.97. The summed E-state index contributed by atoms with van der Waals surface area (Å²) >= 11 is 11.0. The Hall–Kier alpha value is -1.09. The molecule has 2 rings (SSSR count). The van der Waals surface area contributed by atoms with E-state index in [4.69, 9.17) is 11.6 Å². The van der Waals surface area contributed by atoms with E-state index in [1.54, 1.807) is 0 Å². The third-order valence-corrected chi connectivity index (χ3v) is 3.82. The van der Waals surface area contributed by atoms with Gasteiger partial charge in [-0.15, -0.1) is 0 Å². The molecule has 96 valence electrons. The van der Waals surface area contributed by atoms with Gasteiger partial charge in [0.05, 0.1) is 5.69 Å². The van der Waals surface area contributed by atoms with Crippen LogP contribution in [-0.2, 0) is 0 Å². The lowest BCUT2D eigenvalue weighted by atomic mass is 10.1. The summed E-state index contributed by atoms with van der Waals surface area (Å²) in [4.78, 5) is 8.55. The van der Waals surface area contributed by atoms with E-state index < -0.39 is 0 Å². The van der Waals surface area contributed by atoms with Gasteiger partial charge in [0.25, 0.3) is 0 Å². The zero-order chi connectivity index (χ0) is 13.8. The van der Waals surface area contributed by atoms with Crippen LogP contribution in [0, 0.1) is 11.3 Å². The van der Waals surface area contributed by atoms with Gasteiger partial charge in [-0.25, -0.2) is 9.97 Å². The molecule has 0 saturated heterocycles. The van der Waals surface area contributed by atoms with E-state index in [9.17, 15) is 5.26 Å². The lowest BCUT2D eigenvalue weighted by molar-refractivity contribution is 0.967. The van der Waals surface area contributed by atoms with Crippen molar-refractivity contribution in [1.82, 2.24) is 9.97 Å². The molecule has 1 heterocycles. The van der Waals surface area contributed by atoms with E-state index in [1.165, 1.54) is 11.8 Å². The molecular formula is C13H9BrClN3S. The van der Waals surface area contributed by atoms with Crippen molar-refractivity contribution < 1.29 is 0 Å². The Morgan fingerprint density at radius 2 is 2.21 bits per heavy atom. The van der Waals surface area contributed by atoms with Gasteiger partial charge >= 0.3 is 0 Å². The van der Waals surface area contributed by atoms with Crippen molar-refractivity contribution in [2.75, 3.05) is 5.75 Å². The van der Waals surface area contributed by atoms with Gasteiger partial charge < -0.3 is 0 Å². The predicted octanol–water partition coefficient (Wildman–Crippen LogP) is 4.54. The van der Waals surface area contributed by atoms with Crippen molar-refractivity contribution in [1.29, 1.82) is 5.26 Å². The lowest BCUT2D eigenvalue weighted by Gasteiger charge is -2.07. The highest BCUT2D eigenvalue weighted by Gasteiger charge is 2.14. The minimum atomic E-state index is 0.198. The molecule has 1 aromatic carbocycles. The van der Waals surface area contributed by atoms with Crippen LogP contribution in [0.25, 0.3) is 11.3 Å². The van der Waals surface area contributed by atoms with Gasteiger partial charge in [-0.1, -0.05) is 58.3 Å². The Labute approximate surface area is 129 Å². The molecule has 2 aromatic rings. The third kappa shape index (κ3) is 3.27. The molecule has 0 aliphatic carbocycles. The molecule has 0 aliphatic rings. The molecule has 19 heavy (non-hydrogen) atoms. The Bertz CT molecular complexity index is 655. The van der Waals surface area contributed by atoms with Gasteiger partial charge in [0.15, 0.2) is 10.3 Å². The first-order chi connectivity index (χ1) is 9.15. The monoisotopic (exact) mass is 353 g/mol. The molecule has 1 aromatic heterocycles. The standard InChI is InChI=1S/C13H9BrClN3S/c1-2-19-13-17-11(10(7-16)12(15)18-13)8-4-3-5-9(14)6-8/h3-6H,2H2,1H3. The van der Waals surface area contributed by atoms with E-state index in [-0.39, 0.29) is 5.15 Å². The maximum atomic E-state index is 9.22. The van der Waals surface area contributed by atoms with Crippen LogP contribution in [0.5, 0.6) is 0 Å². The smallest absolute Gasteiger partial charge is 0.189 e. The molecule has 3 nitrogen and oxygen atoms in total. The average Bonchev–Trinajstić information content (AvgIpc) is 2.38. The minimum absolute atomic E-state index is 0.198. The van der Waals surface area contributed by atoms with Crippen LogP contribution in [0.4, 0.5) is 0 Å². The first-order valence-electron chi connectivity index (χ1n) is 5.52. The zero-order valence-electron chi connectivity index (χ0n) is 10.0. The molecule has 0 aliphatic heterocycles. The first kappa shape index (κ1) is 14.3. The molecule has 0 fully saturated rings. The zero-order valence-corrected chi connectivity index (χ0v) is 13.2. The second-order valence-electron chi connectivity index (χ2n) is 3.58. The van der Waals surface area contributed by atoms with Crippen molar-refractivity contribution in [3.8, 4) is 17.3 Å². The van der Waals surface area contributed by atoms with Gasteiger partial charge in [0, 0.05) is 10.0 Å². The van der Waals surface area contributed by atoms with Crippen molar-refractivity contribution in [3.05, 3.63) is 39.5 Å². The molecule has 0 saturated carbocycles. The normalized spacial score (nSPS) is 10.2. The number of benzene rings is 1. The van der Waals surface area contributed by atoms with Gasteiger partial charge in [0.2, 0.25) is 0 Å². The molecule has 0 spiro atoms. The second kappa shape index (κ2) is 6.38. The fraction of sp³-hybridized carbons (Fsp3) is 0.154. The maximum Gasteiger partial charge on any atom is 0.189 e. The number of nitrogens with zero attached hydrogens (tertiary/aromatic N) is 3. The topological polar surface area (TPSA) is 49.6 Å². The fourth-order valence-electron chi connectivity index (χ4n) is 1.55. The van der Waals surface area contributed by atoms with Gasteiger partial charge in [-0.2, -0.15) is 5.26 Å². The van der Waals surface area contributed by atoms with Gasteiger partial charge in [-0.3, -0.25) is 0 Å². The summed E-state index contributed by atoms with van der Waals surface area (Å²) in [6.07, 6.45) is 0. The molecule has 0 N–H and O–H groups in total. The molecular weight excluding hydrogens is 346 g/mol. The van der Waals surface area contributed by atoms with Crippen molar-refractivity contribution in [3.63, 3.8) is 0 Å². The number of nitriles is 1. The van der Waals surface area contributed by atoms with Crippen LogP contribution < -0.4 is 0 Å². The number of thioether (sulfide) groups is 1. The van der Waals surface area contributed by atoms with E-state index in [1.807, 2.05) is 31.2 Å². The summed E-state index contributed by atoms with van der Waals surface area (Å²) in [5, 5.41) is 10.0. The van der Waals surface area contributed by atoms with Crippen LogP contribution >= 0.6 is 39.3 Å². The number of hydrogen-bond donors (Lipinski definition) is 0. The van der Waals surface area contributed by atoms with Crippen LogP contribution in [0.1, 0.15) is 12.5 Å². The second-order valence-corrected chi connectivity index (χ2v) is 6.08. The minimum Gasteiger partial charge on any atom is -0.221 e. The Kier molecular flexibility index (Phi) is 4.81. The third-order valence-electron chi connectivity index (χ3n) is 2.33. The van der Waals surface area contributed by atoms with Crippen LogP contribution in [0.2, 0.25) is 5.15 Å². The SMILES string of the molecule is CCSc1nc(Cl)c(C#N)c(-c2cccc(Br)c2)n1. The molecule has 0 radical (unpaired) electrons. The van der Waals surface area contributed by atoms with E-state index >= 15 is 0 Å². The summed E-state index contributed by atoms with van der Waals surface area (Å²) in [5.41, 5.74) is 1.72. The number of aromatic nitrogens is 2. The fourth-order valence-corrected chi connectivity index (χ4v) is 2.78. The summed E-state index contributed by atoms with van der Waals surface area (Å²) < 4.78 is 0.924. The summed E-state index contributed by atoms with van der Waals surface area (Å²) in [5.74, 6) is 0.847. The largest absolute Gasteiger partial charge is 0.221 e. The highest BCUT2D eigenvalue weighted by Crippen LogP contribution is 2.29. The average molecular weight is 355 g/mol. The predicted molar refractivity (Wildman–Crippen MR) is 81.3 cm³/mol. The quantitative estimate of drug-likeness (QED) is 0.461. The van der Waals surface area contributed by atoms with Gasteiger partial charge in [-0.05, 0) is 17.9 Å². The van der Waals surface area contributed by atoms with E-state index in [0.717, 1.165) is 15.8 Å². The summed E-state index contributed by atoms with van der Waals surface area (Å²) in [6.45, 7) is 2.01. The van der Waals surface area contributed by atoms with Crippen molar-refractivity contribution in [2.45, 2.75) is 12.1 Å². The van der Waals surface area contributed by atoms with Crippen LogP contribution in [0.15, 0.2) is 33.9 Å². The summed E-state index contributed by atoms with van der Waals surface area (Å²) in [6, 6.07) is 9.67. The van der Waals surface area contributed by atoms with Crippen molar-refractivity contribution in [2.24, 2.45) is 0 Å².